The zero-order valence-electron chi connectivity index (χ0n) is 6.78. The molecule has 0 atom stereocenters. The van der Waals surface area contributed by atoms with Gasteiger partial charge in [0, 0.05) is 7.41 Å². The van der Waals surface area contributed by atoms with Gasteiger partial charge in [0.15, 0.2) is 0 Å². The van der Waals surface area contributed by atoms with Crippen LogP contribution >= 0.6 is 0 Å². The van der Waals surface area contributed by atoms with Crippen molar-refractivity contribution in [3.8, 4) is 0 Å². The molecule has 0 heterocycles. The predicted octanol–water partition coefficient (Wildman–Crippen LogP) is 1.64. The monoisotopic (exact) mass is 104 g/mol. The van der Waals surface area contributed by atoms with Crippen molar-refractivity contribution in [2.24, 2.45) is 0 Å². The maximum atomic E-state index is 5.75. The standard InChI is InChI=1S/C5H13N.CH4/c1-4-6-5(2)3;/h5-6H,4H2,1-3H3;1H4/i;1D. The van der Waals surface area contributed by atoms with Crippen LogP contribution in [-0.2, 0) is 0 Å². The minimum atomic E-state index is 0.648. The van der Waals surface area contributed by atoms with Crippen molar-refractivity contribution in [3.63, 3.8) is 0 Å². The number of hydrogen-bond acceptors (Lipinski definition) is 1. The van der Waals surface area contributed by atoms with E-state index in [0.29, 0.717) is 6.04 Å². The fourth-order valence-electron chi connectivity index (χ4n) is 0.408. The highest BCUT2D eigenvalue weighted by Gasteiger charge is 1.82. The van der Waals surface area contributed by atoms with Crippen molar-refractivity contribution in [1.82, 2.24) is 5.32 Å². The smallest absolute Gasteiger partial charge is 0.0194 e. The van der Waals surface area contributed by atoms with Gasteiger partial charge >= 0.3 is 0 Å². The summed E-state index contributed by atoms with van der Waals surface area (Å²) in [4.78, 5) is 0. The Labute approximate surface area is 48.5 Å². The van der Waals surface area contributed by atoms with Gasteiger partial charge in [0.05, 0.1) is 0 Å². The van der Waals surface area contributed by atoms with Gasteiger partial charge in [-0.25, -0.2) is 0 Å². The summed E-state index contributed by atoms with van der Waals surface area (Å²) in [5.74, 6) is 0. The van der Waals surface area contributed by atoms with Gasteiger partial charge < -0.3 is 5.32 Å². The van der Waals surface area contributed by atoms with E-state index in [1.54, 1.807) is 0 Å². The Bertz CT molecular complexity index is 29.7. The quantitative estimate of drug-likeness (QED) is 0.561. The van der Waals surface area contributed by atoms with Gasteiger partial charge in [-0.3, -0.25) is 0 Å². The third kappa shape index (κ3) is 10.7. The summed E-state index contributed by atoms with van der Waals surface area (Å²) in [6, 6.07) is 0.648. The van der Waals surface area contributed by atoms with Crippen LogP contribution < -0.4 is 5.32 Å². The molecule has 1 heteroatoms. The van der Waals surface area contributed by atoms with Gasteiger partial charge in [0.2, 0.25) is 0 Å². The van der Waals surface area contributed by atoms with Crippen molar-refractivity contribution >= 4 is 0 Å². The molecule has 7 heavy (non-hydrogen) atoms. The van der Waals surface area contributed by atoms with E-state index >= 15 is 0 Å². The third-order valence-electron chi connectivity index (χ3n) is 0.612. The molecule has 0 unspecified atom stereocenters. The molecule has 0 spiro atoms. The van der Waals surface area contributed by atoms with Crippen molar-refractivity contribution in [3.05, 3.63) is 0 Å². The molecular weight excluding hydrogens is 86.1 g/mol. The van der Waals surface area contributed by atoms with Gasteiger partial charge in [-0.1, -0.05) is 28.2 Å². The van der Waals surface area contributed by atoms with E-state index in [4.69, 9.17) is 1.37 Å². The molecule has 0 aliphatic rings. The first-order valence-electron chi connectivity index (χ1n) is 3.50. The molecule has 0 saturated heterocycles. The molecule has 0 aromatic heterocycles. The fraction of sp³-hybridized carbons (Fsp3) is 1.00. The Morgan fingerprint density at radius 2 is 2.14 bits per heavy atom. The van der Waals surface area contributed by atoms with Crippen LogP contribution in [0.3, 0.4) is 0 Å². The molecule has 0 amide bonds. The van der Waals surface area contributed by atoms with Crippen LogP contribution in [0.1, 0.15) is 29.5 Å². The second-order valence-corrected chi connectivity index (χ2v) is 1.71. The highest BCUT2D eigenvalue weighted by atomic mass is 14.9. The van der Waals surface area contributed by atoms with E-state index in [-0.39, 0.29) is 0 Å². The van der Waals surface area contributed by atoms with Crippen LogP contribution in [0.5, 0.6) is 0 Å². The first-order valence-corrected chi connectivity index (χ1v) is 2.50. The second kappa shape index (κ2) is 5.96. The van der Waals surface area contributed by atoms with Gasteiger partial charge in [-0.2, -0.15) is 0 Å². The van der Waals surface area contributed by atoms with Crippen molar-refractivity contribution in [1.29, 1.82) is 0 Å². The topological polar surface area (TPSA) is 12.0 Å². The maximum absolute atomic E-state index is 5.75. The molecule has 0 aliphatic heterocycles. The van der Waals surface area contributed by atoms with Gasteiger partial charge in [-0.05, 0) is 6.54 Å². The lowest BCUT2D eigenvalue weighted by Gasteiger charge is -2.00. The lowest BCUT2D eigenvalue weighted by molar-refractivity contribution is 0.613. The Morgan fingerprint density at radius 3 is 2.14 bits per heavy atom. The number of nitrogens with one attached hydrogen (secondary N) is 1. The second-order valence-electron chi connectivity index (χ2n) is 1.71. The summed E-state index contributed by atoms with van der Waals surface area (Å²) < 4.78 is 5.75. The molecule has 0 fully saturated rings. The van der Waals surface area contributed by atoms with Crippen molar-refractivity contribution in [2.45, 2.75) is 34.2 Å². The van der Waals surface area contributed by atoms with E-state index in [9.17, 15) is 0 Å². The average molecular weight is 104 g/mol. The van der Waals surface area contributed by atoms with Crippen LogP contribution in [0, 0.1) is 0 Å². The predicted molar refractivity (Wildman–Crippen MR) is 35.5 cm³/mol. The first-order chi connectivity index (χ1) is 3.77. The van der Waals surface area contributed by atoms with Crippen LogP contribution in [0.15, 0.2) is 0 Å². The van der Waals surface area contributed by atoms with E-state index in [1.807, 2.05) is 0 Å². The summed E-state index contributed by atoms with van der Waals surface area (Å²) in [6.45, 7) is 7.48. The Hall–Kier alpha value is -0.0400. The molecule has 46 valence electrons. The molecule has 0 radical (unpaired) electrons. The van der Waals surface area contributed by atoms with Crippen LogP contribution in [0.2, 0.25) is 0 Å². The van der Waals surface area contributed by atoms with Gasteiger partial charge in [-0.15, -0.1) is 0 Å². The minimum absolute atomic E-state index is 0.648. The van der Waals surface area contributed by atoms with E-state index in [1.165, 1.54) is 7.40 Å². The number of hydrogen-bond donors (Lipinski definition) is 1. The average Bonchev–Trinajstić information content (AvgIpc) is 1.72. The summed E-state index contributed by atoms with van der Waals surface area (Å²) >= 11 is 0. The Balaban J connectivity index is 0. The molecule has 0 bridgehead atoms. The summed E-state index contributed by atoms with van der Waals surface area (Å²) in [5.41, 5.74) is 0. The zero-order chi connectivity index (χ0) is 6.99. The molecule has 0 rings (SSSR count). The summed E-state index contributed by atoms with van der Waals surface area (Å²) in [5, 5.41) is 3.21. The molecule has 1 N–H and O–H groups in total. The summed E-state index contributed by atoms with van der Waals surface area (Å²) in [6.07, 6.45) is 0. The van der Waals surface area contributed by atoms with E-state index in [0.717, 1.165) is 6.54 Å². The number of rotatable bonds is 2. The van der Waals surface area contributed by atoms with Gasteiger partial charge in [0.1, 0.15) is 0 Å². The lowest BCUT2D eigenvalue weighted by atomic mass is 10.4. The van der Waals surface area contributed by atoms with Crippen molar-refractivity contribution in [2.75, 3.05) is 6.54 Å². The highest BCUT2D eigenvalue weighted by molar-refractivity contribution is 4.46. The fourth-order valence-corrected chi connectivity index (χ4v) is 0.408. The first kappa shape index (κ1) is 6.96. The summed E-state index contributed by atoms with van der Waals surface area (Å²) in [7, 11) is 1.25. The maximum Gasteiger partial charge on any atom is 0.0194 e. The molecule has 1 nitrogen and oxygen atoms in total. The van der Waals surface area contributed by atoms with Gasteiger partial charge in [0.25, 0.3) is 0 Å². The van der Waals surface area contributed by atoms with Crippen LogP contribution in [0.25, 0.3) is 0 Å². The Kier molecular flexibility index (Phi) is 5.93. The van der Waals surface area contributed by atoms with Crippen LogP contribution in [-0.4, -0.2) is 12.6 Å². The van der Waals surface area contributed by atoms with Crippen LogP contribution in [0.4, 0.5) is 0 Å². The third-order valence-corrected chi connectivity index (χ3v) is 0.612. The Morgan fingerprint density at radius 1 is 1.71 bits per heavy atom. The largest absolute Gasteiger partial charge is 0.315 e. The molecule has 0 aliphatic carbocycles. The van der Waals surface area contributed by atoms with Crippen molar-refractivity contribution < 1.29 is 1.37 Å². The van der Waals surface area contributed by atoms with E-state index < -0.39 is 0 Å². The minimum Gasteiger partial charge on any atom is -0.315 e. The van der Waals surface area contributed by atoms with E-state index in [2.05, 4.69) is 26.1 Å². The molecule has 0 aromatic rings. The zero-order valence-corrected chi connectivity index (χ0v) is 5.78. The molecule has 0 saturated carbocycles. The lowest BCUT2D eigenvalue weighted by Crippen LogP contribution is -2.21. The SMILES string of the molecule is CCNC(C)C.[2H]C. The molecule has 0 aromatic carbocycles. The highest BCUT2D eigenvalue weighted by Crippen LogP contribution is 1.70. The molecular formula is C6H17N. The normalized spacial score (nSPS) is 9.57.